The van der Waals surface area contributed by atoms with Crippen molar-refractivity contribution in [3.63, 3.8) is 0 Å². The maximum absolute atomic E-state index is 12.3. The Kier molecular flexibility index (Phi) is 5.54. The van der Waals surface area contributed by atoms with E-state index in [0.717, 1.165) is 19.4 Å². The zero-order valence-corrected chi connectivity index (χ0v) is 13.1. The summed E-state index contributed by atoms with van der Waals surface area (Å²) < 4.78 is 5.59. The van der Waals surface area contributed by atoms with E-state index in [1.807, 2.05) is 6.92 Å². The lowest BCUT2D eigenvalue weighted by molar-refractivity contribution is -0.135. The fourth-order valence-electron chi connectivity index (χ4n) is 2.85. The molecule has 1 saturated heterocycles. The van der Waals surface area contributed by atoms with E-state index >= 15 is 0 Å². The van der Waals surface area contributed by atoms with E-state index in [1.165, 1.54) is 0 Å². The predicted molar refractivity (Wildman–Crippen MR) is 82.0 cm³/mol. The average molecular weight is 309 g/mol. The second kappa shape index (κ2) is 7.40. The molecule has 2 heterocycles. The third-order valence-electron chi connectivity index (χ3n) is 3.98. The summed E-state index contributed by atoms with van der Waals surface area (Å²) in [5.74, 6) is 0.0226. The molecule has 1 atom stereocenters. The molecule has 1 aromatic heterocycles. The lowest BCUT2D eigenvalue weighted by Crippen LogP contribution is -2.43. The zero-order chi connectivity index (χ0) is 16.1. The third kappa shape index (κ3) is 4.07. The molecule has 1 aliphatic heterocycles. The quantitative estimate of drug-likeness (QED) is 0.819. The fraction of sp³-hybridized carbons (Fsp3) is 0.667. The third-order valence-corrected chi connectivity index (χ3v) is 3.98. The van der Waals surface area contributed by atoms with Gasteiger partial charge in [0.2, 0.25) is 5.91 Å². The lowest BCUT2D eigenvalue weighted by Gasteiger charge is -2.32. The number of piperidine rings is 1. The van der Waals surface area contributed by atoms with Crippen LogP contribution in [0.2, 0.25) is 0 Å². The Balaban J connectivity index is 1.95. The number of aryl methyl sites for hydroxylation is 1. The summed E-state index contributed by atoms with van der Waals surface area (Å²) in [6.45, 7) is 5.63. The summed E-state index contributed by atoms with van der Waals surface area (Å²) in [6, 6.07) is 0. The highest BCUT2D eigenvalue weighted by atomic mass is 16.5. The number of likely N-dealkylation sites (tertiary alicyclic amines) is 1. The second-order valence-corrected chi connectivity index (χ2v) is 5.57. The number of amides is 1. The molecule has 22 heavy (non-hydrogen) atoms. The van der Waals surface area contributed by atoms with Gasteiger partial charge in [0, 0.05) is 37.4 Å². The first-order chi connectivity index (χ1) is 10.5. The molecular weight excluding hydrogens is 286 g/mol. The number of aromatic nitrogens is 2. The summed E-state index contributed by atoms with van der Waals surface area (Å²) in [6.07, 6.45) is 2.62. The van der Waals surface area contributed by atoms with E-state index in [0.29, 0.717) is 30.8 Å². The van der Waals surface area contributed by atoms with E-state index in [-0.39, 0.29) is 18.4 Å². The van der Waals surface area contributed by atoms with Gasteiger partial charge in [-0.25, -0.2) is 4.79 Å². The van der Waals surface area contributed by atoms with Gasteiger partial charge < -0.3 is 14.6 Å². The average Bonchev–Trinajstić information content (AvgIpc) is 2.46. The van der Waals surface area contributed by atoms with Crippen molar-refractivity contribution in [3.05, 3.63) is 32.1 Å². The molecule has 0 unspecified atom stereocenters. The van der Waals surface area contributed by atoms with Gasteiger partial charge in [0.15, 0.2) is 0 Å². The second-order valence-electron chi connectivity index (χ2n) is 5.57. The number of aromatic amines is 2. The van der Waals surface area contributed by atoms with Gasteiger partial charge in [-0.2, -0.15) is 0 Å². The molecule has 2 rings (SSSR count). The smallest absolute Gasteiger partial charge is 0.325 e. The Morgan fingerprint density at radius 1 is 1.36 bits per heavy atom. The summed E-state index contributed by atoms with van der Waals surface area (Å²) in [5, 5.41) is 0. The Bertz CT molecular complexity index is 632. The highest BCUT2D eigenvalue weighted by molar-refractivity contribution is 5.76. The molecule has 2 N–H and O–H groups in total. The van der Waals surface area contributed by atoms with Gasteiger partial charge in [0.25, 0.3) is 5.56 Å². The molecule has 0 spiro atoms. The van der Waals surface area contributed by atoms with Gasteiger partial charge in [-0.1, -0.05) is 0 Å². The molecule has 122 valence electrons. The van der Waals surface area contributed by atoms with Crippen LogP contribution >= 0.6 is 0 Å². The van der Waals surface area contributed by atoms with Crippen LogP contribution in [0.1, 0.15) is 37.4 Å². The minimum Gasteiger partial charge on any atom is -0.377 e. The normalized spacial score (nSPS) is 18.5. The SMILES string of the molecule is CCO[C@@H]1CCCN(C(=O)CCc2c(C)[nH]c(=O)[nH]c2=O)C1. The maximum atomic E-state index is 12.3. The van der Waals surface area contributed by atoms with E-state index in [1.54, 1.807) is 11.8 Å². The molecule has 1 fully saturated rings. The standard InChI is InChI=1S/C15H23N3O4/c1-3-22-11-5-4-8-18(9-11)13(19)7-6-12-10(2)16-15(21)17-14(12)20/h11H,3-9H2,1-2H3,(H2,16,17,20,21)/t11-/m1/s1. The Hall–Kier alpha value is -1.89. The van der Waals surface area contributed by atoms with Crippen LogP contribution in [0, 0.1) is 6.92 Å². The molecule has 1 aliphatic rings. The number of nitrogens with zero attached hydrogens (tertiary/aromatic N) is 1. The zero-order valence-electron chi connectivity index (χ0n) is 13.1. The molecule has 1 amide bonds. The summed E-state index contributed by atoms with van der Waals surface area (Å²) >= 11 is 0. The monoisotopic (exact) mass is 309 g/mol. The number of hydrogen-bond acceptors (Lipinski definition) is 4. The molecular formula is C15H23N3O4. The first kappa shape index (κ1) is 16.5. The van der Waals surface area contributed by atoms with Crippen molar-refractivity contribution < 1.29 is 9.53 Å². The van der Waals surface area contributed by atoms with Crippen LogP contribution in [0.5, 0.6) is 0 Å². The minimum absolute atomic E-state index is 0.0226. The number of rotatable bonds is 5. The predicted octanol–water partition coefficient (Wildman–Crippen LogP) is 0.332. The van der Waals surface area contributed by atoms with Crippen molar-refractivity contribution in [3.8, 4) is 0 Å². The lowest BCUT2D eigenvalue weighted by atomic mass is 10.1. The van der Waals surface area contributed by atoms with E-state index in [2.05, 4.69) is 9.97 Å². The molecule has 0 radical (unpaired) electrons. The first-order valence-corrected chi connectivity index (χ1v) is 7.72. The molecule has 7 heteroatoms. The molecule has 0 aliphatic carbocycles. The van der Waals surface area contributed by atoms with Crippen molar-refractivity contribution in [2.75, 3.05) is 19.7 Å². The molecule has 0 aromatic carbocycles. The van der Waals surface area contributed by atoms with Gasteiger partial charge in [0.1, 0.15) is 0 Å². The van der Waals surface area contributed by atoms with Crippen molar-refractivity contribution in [2.24, 2.45) is 0 Å². The van der Waals surface area contributed by atoms with Crippen LogP contribution in [0.15, 0.2) is 9.59 Å². The first-order valence-electron chi connectivity index (χ1n) is 7.72. The fourth-order valence-corrected chi connectivity index (χ4v) is 2.85. The number of hydrogen-bond donors (Lipinski definition) is 2. The van der Waals surface area contributed by atoms with E-state index in [4.69, 9.17) is 4.74 Å². The van der Waals surface area contributed by atoms with Crippen molar-refractivity contribution >= 4 is 5.91 Å². The Morgan fingerprint density at radius 2 is 2.14 bits per heavy atom. The van der Waals surface area contributed by atoms with E-state index < -0.39 is 11.2 Å². The molecule has 7 nitrogen and oxygen atoms in total. The Labute approximate surface area is 128 Å². The molecule has 0 bridgehead atoms. The highest BCUT2D eigenvalue weighted by Crippen LogP contribution is 2.14. The van der Waals surface area contributed by atoms with Crippen molar-refractivity contribution in [2.45, 2.75) is 45.6 Å². The maximum Gasteiger partial charge on any atom is 0.325 e. The molecule has 1 aromatic rings. The minimum atomic E-state index is -0.520. The van der Waals surface area contributed by atoms with Crippen molar-refractivity contribution in [1.29, 1.82) is 0 Å². The van der Waals surface area contributed by atoms with Crippen LogP contribution < -0.4 is 11.2 Å². The van der Waals surface area contributed by atoms with Gasteiger partial charge in [-0.3, -0.25) is 14.6 Å². The number of carbonyl (C=O) groups is 1. The van der Waals surface area contributed by atoms with Gasteiger partial charge in [-0.15, -0.1) is 0 Å². The highest BCUT2D eigenvalue weighted by Gasteiger charge is 2.23. The number of ether oxygens (including phenoxy) is 1. The van der Waals surface area contributed by atoms with Crippen LogP contribution in [0.4, 0.5) is 0 Å². The van der Waals surface area contributed by atoms with Crippen LogP contribution in [-0.4, -0.2) is 46.6 Å². The number of carbonyl (C=O) groups excluding carboxylic acids is 1. The summed E-state index contributed by atoms with van der Waals surface area (Å²) in [5.41, 5.74) is 0.0479. The molecule has 0 saturated carbocycles. The number of nitrogens with one attached hydrogen (secondary N) is 2. The summed E-state index contributed by atoms with van der Waals surface area (Å²) in [7, 11) is 0. The van der Waals surface area contributed by atoms with Gasteiger partial charge in [-0.05, 0) is 33.1 Å². The van der Waals surface area contributed by atoms with Crippen LogP contribution in [0.25, 0.3) is 0 Å². The number of H-pyrrole nitrogens is 2. The van der Waals surface area contributed by atoms with E-state index in [9.17, 15) is 14.4 Å². The topological polar surface area (TPSA) is 95.3 Å². The van der Waals surface area contributed by atoms with Gasteiger partial charge in [0.05, 0.1) is 6.10 Å². The van der Waals surface area contributed by atoms with Crippen LogP contribution in [0.3, 0.4) is 0 Å². The summed E-state index contributed by atoms with van der Waals surface area (Å²) in [4.78, 5) is 41.8. The van der Waals surface area contributed by atoms with Crippen molar-refractivity contribution in [1.82, 2.24) is 14.9 Å². The largest absolute Gasteiger partial charge is 0.377 e. The van der Waals surface area contributed by atoms with Crippen LogP contribution in [-0.2, 0) is 16.0 Å². The van der Waals surface area contributed by atoms with Gasteiger partial charge >= 0.3 is 5.69 Å². The Morgan fingerprint density at radius 3 is 2.82 bits per heavy atom.